The summed E-state index contributed by atoms with van der Waals surface area (Å²) in [6, 6.07) is 19.6. The largest absolute Gasteiger partial charge is 0.338 e. The van der Waals surface area contributed by atoms with Gasteiger partial charge in [-0.05, 0) is 17.5 Å². The van der Waals surface area contributed by atoms with Gasteiger partial charge in [0.1, 0.15) is 5.01 Å². The van der Waals surface area contributed by atoms with Gasteiger partial charge >= 0.3 is 0 Å². The number of rotatable bonds is 6. The fraction of sp³-hybridized carbons (Fsp3) is 0.273. The van der Waals surface area contributed by atoms with Crippen LogP contribution in [0.4, 0.5) is 5.13 Å². The number of aryl methyl sites for hydroxylation is 2. The molecule has 2 amide bonds. The van der Waals surface area contributed by atoms with Crippen molar-refractivity contribution in [3.8, 4) is 0 Å². The normalized spacial score (nSPS) is 18.8. The topological polar surface area (TPSA) is 75.2 Å². The van der Waals surface area contributed by atoms with Gasteiger partial charge in [0.05, 0.1) is 12.0 Å². The van der Waals surface area contributed by atoms with Crippen LogP contribution < -0.4 is 5.32 Å². The third kappa shape index (κ3) is 4.35. The lowest BCUT2D eigenvalue weighted by Gasteiger charge is -2.24. The third-order valence-electron chi connectivity index (χ3n) is 5.23. The van der Waals surface area contributed by atoms with Gasteiger partial charge in [0.2, 0.25) is 16.9 Å². The highest BCUT2D eigenvalue weighted by Crippen LogP contribution is 2.37. The maximum Gasteiger partial charge on any atom is 0.232 e. The highest BCUT2D eigenvalue weighted by atomic mass is 32.1. The van der Waals surface area contributed by atoms with Crippen LogP contribution in [-0.2, 0) is 22.4 Å². The molecule has 3 aromatic rings. The van der Waals surface area contributed by atoms with Gasteiger partial charge in [-0.15, -0.1) is 10.2 Å². The molecule has 0 spiro atoms. The van der Waals surface area contributed by atoms with E-state index in [1.165, 1.54) is 16.9 Å². The molecule has 1 N–H and O–H groups in total. The summed E-state index contributed by atoms with van der Waals surface area (Å²) in [4.78, 5) is 26.9. The molecule has 29 heavy (non-hydrogen) atoms. The van der Waals surface area contributed by atoms with Crippen LogP contribution in [0.2, 0.25) is 0 Å². The van der Waals surface area contributed by atoms with Crippen LogP contribution in [0.3, 0.4) is 0 Å². The molecule has 0 aliphatic carbocycles. The number of nitrogens with one attached hydrogen (secondary N) is 1. The molecule has 7 heteroatoms. The summed E-state index contributed by atoms with van der Waals surface area (Å²) >= 11 is 1.39. The number of benzene rings is 2. The summed E-state index contributed by atoms with van der Waals surface area (Å²) in [5, 5.41) is 12.5. The van der Waals surface area contributed by atoms with Crippen molar-refractivity contribution in [1.82, 2.24) is 15.1 Å². The van der Waals surface area contributed by atoms with Gasteiger partial charge in [-0.25, -0.2) is 0 Å². The van der Waals surface area contributed by atoms with Crippen molar-refractivity contribution >= 4 is 28.3 Å². The van der Waals surface area contributed by atoms with Crippen molar-refractivity contribution in [1.29, 1.82) is 0 Å². The van der Waals surface area contributed by atoms with Gasteiger partial charge < -0.3 is 10.2 Å². The van der Waals surface area contributed by atoms with Gasteiger partial charge in [-0.3, -0.25) is 9.59 Å². The average Bonchev–Trinajstić information content (AvgIpc) is 3.32. The molecule has 2 aromatic carbocycles. The number of amides is 2. The zero-order valence-electron chi connectivity index (χ0n) is 16.1. The minimum absolute atomic E-state index is 0.0279. The van der Waals surface area contributed by atoms with Crippen molar-refractivity contribution < 1.29 is 9.59 Å². The lowest BCUT2D eigenvalue weighted by molar-refractivity contribution is -0.127. The van der Waals surface area contributed by atoms with E-state index in [2.05, 4.69) is 27.6 Å². The maximum atomic E-state index is 12.9. The Bertz CT molecular complexity index is 990. The zero-order valence-corrected chi connectivity index (χ0v) is 16.9. The van der Waals surface area contributed by atoms with Crippen molar-refractivity contribution in [2.45, 2.75) is 25.3 Å². The molecule has 6 nitrogen and oxygen atoms in total. The number of nitrogens with zero attached hydrogens (tertiary/aromatic N) is 3. The molecule has 0 bridgehead atoms. The lowest BCUT2D eigenvalue weighted by atomic mass is 9.93. The Morgan fingerprint density at radius 3 is 2.48 bits per heavy atom. The second-order valence-corrected chi connectivity index (χ2v) is 8.21. The number of carbonyl (C=O) groups excluding carboxylic acids is 2. The molecule has 1 saturated heterocycles. The fourth-order valence-corrected chi connectivity index (χ4v) is 4.45. The van der Waals surface area contributed by atoms with Crippen LogP contribution in [0.25, 0.3) is 0 Å². The Labute approximate surface area is 173 Å². The van der Waals surface area contributed by atoms with Gasteiger partial charge in [-0.2, -0.15) is 0 Å². The van der Waals surface area contributed by atoms with Crippen LogP contribution >= 0.6 is 11.3 Å². The Morgan fingerprint density at radius 1 is 1.07 bits per heavy atom. The number of aromatic nitrogens is 2. The molecule has 0 unspecified atom stereocenters. The first-order chi connectivity index (χ1) is 14.1. The molecular weight excluding hydrogens is 384 g/mol. The van der Waals surface area contributed by atoms with E-state index < -0.39 is 5.92 Å². The van der Waals surface area contributed by atoms with Crippen LogP contribution in [0.1, 0.15) is 28.6 Å². The molecule has 1 aromatic heterocycles. The molecule has 2 heterocycles. The first-order valence-electron chi connectivity index (χ1n) is 9.59. The SMILES string of the molecule is CN1C(=O)C[C@@H](C(=O)Nc2nnc(CCc3ccccc3)s2)[C@H]1c1ccccc1. The zero-order chi connectivity index (χ0) is 20.2. The minimum atomic E-state index is -0.452. The van der Waals surface area contributed by atoms with Crippen molar-refractivity contribution in [3.63, 3.8) is 0 Å². The van der Waals surface area contributed by atoms with Gasteiger partial charge in [0, 0.05) is 19.9 Å². The average molecular weight is 407 g/mol. The van der Waals surface area contributed by atoms with E-state index in [4.69, 9.17) is 0 Å². The van der Waals surface area contributed by atoms with Crippen LogP contribution in [0.5, 0.6) is 0 Å². The van der Waals surface area contributed by atoms with E-state index in [1.54, 1.807) is 11.9 Å². The fourth-order valence-electron chi connectivity index (χ4n) is 3.71. The van der Waals surface area contributed by atoms with E-state index in [1.807, 2.05) is 48.5 Å². The Kier molecular flexibility index (Phi) is 5.67. The summed E-state index contributed by atoms with van der Waals surface area (Å²) in [5.74, 6) is -0.673. The summed E-state index contributed by atoms with van der Waals surface area (Å²) in [5.41, 5.74) is 2.20. The molecule has 4 rings (SSSR count). The molecular formula is C22H22N4O2S. The number of hydrogen-bond donors (Lipinski definition) is 1. The van der Waals surface area contributed by atoms with Gasteiger partial charge in [0.25, 0.3) is 0 Å². The molecule has 1 aliphatic rings. The third-order valence-corrected chi connectivity index (χ3v) is 6.13. The predicted molar refractivity (Wildman–Crippen MR) is 112 cm³/mol. The van der Waals surface area contributed by atoms with Crippen molar-refractivity contribution in [2.24, 2.45) is 5.92 Å². The van der Waals surface area contributed by atoms with Crippen molar-refractivity contribution in [3.05, 3.63) is 76.8 Å². The highest BCUT2D eigenvalue weighted by molar-refractivity contribution is 7.15. The number of hydrogen-bond acceptors (Lipinski definition) is 5. The van der Waals surface area contributed by atoms with Gasteiger partial charge in [-0.1, -0.05) is 72.0 Å². The quantitative estimate of drug-likeness (QED) is 0.680. The van der Waals surface area contributed by atoms with E-state index in [0.717, 1.165) is 23.4 Å². The molecule has 148 valence electrons. The molecule has 2 atom stereocenters. The summed E-state index contributed by atoms with van der Waals surface area (Å²) in [6.45, 7) is 0. The second kappa shape index (κ2) is 8.53. The Morgan fingerprint density at radius 2 is 1.76 bits per heavy atom. The molecule has 0 radical (unpaired) electrons. The maximum absolute atomic E-state index is 12.9. The first-order valence-corrected chi connectivity index (χ1v) is 10.4. The monoisotopic (exact) mass is 406 g/mol. The van der Waals surface area contributed by atoms with Crippen molar-refractivity contribution in [2.75, 3.05) is 12.4 Å². The smallest absolute Gasteiger partial charge is 0.232 e. The molecule has 0 saturated carbocycles. The molecule has 1 aliphatic heterocycles. The van der Waals surface area contributed by atoms with E-state index in [0.29, 0.717) is 5.13 Å². The first kappa shape index (κ1) is 19.3. The minimum Gasteiger partial charge on any atom is -0.338 e. The summed E-state index contributed by atoms with van der Waals surface area (Å²) in [7, 11) is 1.75. The Balaban J connectivity index is 1.42. The van der Waals surface area contributed by atoms with E-state index in [9.17, 15) is 9.59 Å². The Hall–Kier alpha value is -3.06. The summed E-state index contributed by atoms with van der Waals surface area (Å²) in [6.07, 6.45) is 1.85. The van der Waals surface area contributed by atoms with E-state index >= 15 is 0 Å². The number of anilines is 1. The number of carbonyl (C=O) groups is 2. The van der Waals surface area contributed by atoms with E-state index in [-0.39, 0.29) is 24.3 Å². The predicted octanol–water partition coefficient (Wildman–Crippen LogP) is 3.48. The standard InChI is InChI=1S/C22H22N4O2S/c1-26-19(27)14-17(20(26)16-10-6-3-7-11-16)21(28)23-22-25-24-18(29-22)13-12-15-8-4-2-5-9-15/h2-11,17,20H,12-14H2,1H3,(H,23,25,28)/t17-,20-/m1/s1. The van der Waals surface area contributed by atoms with Gasteiger partial charge in [0.15, 0.2) is 0 Å². The summed E-state index contributed by atoms with van der Waals surface area (Å²) < 4.78 is 0. The second-order valence-electron chi connectivity index (χ2n) is 7.15. The van der Waals surface area contributed by atoms with Crippen LogP contribution in [0.15, 0.2) is 60.7 Å². The van der Waals surface area contributed by atoms with Crippen LogP contribution in [-0.4, -0.2) is 34.0 Å². The highest BCUT2D eigenvalue weighted by Gasteiger charge is 2.42. The number of likely N-dealkylation sites (tertiary alicyclic amines) is 1. The van der Waals surface area contributed by atoms with Crippen LogP contribution in [0, 0.1) is 5.92 Å². The lowest BCUT2D eigenvalue weighted by Crippen LogP contribution is -2.29. The molecule has 1 fully saturated rings.